The fourth-order valence-corrected chi connectivity index (χ4v) is 5.31. The zero-order chi connectivity index (χ0) is 32.2. The molecule has 0 aliphatic rings. The molecule has 5 heteroatoms. The van der Waals surface area contributed by atoms with Crippen LogP contribution in [0.2, 0.25) is 0 Å². The maximum absolute atomic E-state index is 12.1. The lowest BCUT2D eigenvalue weighted by atomic mass is 10.1. The molecule has 0 heterocycles. The number of carbonyl (C=O) groups excluding carboxylic acids is 2. The van der Waals surface area contributed by atoms with Gasteiger partial charge in [-0.1, -0.05) is 141 Å². The topological polar surface area (TPSA) is 72.8 Å². The van der Waals surface area contributed by atoms with E-state index < -0.39 is 6.10 Å². The lowest BCUT2D eigenvalue weighted by Crippen LogP contribution is -2.28. The summed E-state index contributed by atoms with van der Waals surface area (Å²) in [4.78, 5) is 24.2. The molecule has 0 bridgehead atoms. The van der Waals surface area contributed by atoms with Gasteiger partial charge in [0, 0.05) is 12.8 Å². The van der Waals surface area contributed by atoms with Gasteiger partial charge >= 0.3 is 11.9 Å². The van der Waals surface area contributed by atoms with E-state index in [0.29, 0.717) is 12.8 Å². The molecule has 0 rings (SSSR count). The Kier molecular flexibility index (Phi) is 34.5. The minimum absolute atomic E-state index is 0.0694. The third kappa shape index (κ3) is 33.3. The van der Waals surface area contributed by atoms with Crippen LogP contribution in [0.4, 0.5) is 0 Å². The Morgan fingerprint density at radius 2 is 0.841 bits per heavy atom. The van der Waals surface area contributed by atoms with E-state index in [1.165, 1.54) is 122 Å². The van der Waals surface area contributed by atoms with Gasteiger partial charge in [-0.2, -0.15) is 0 Å². The largest absolute Gasteiger partial charge is 0.462 e. The highest BCUT2D eigenvalue weighted by Crippen LogP contribution is 2.13. The molecule has 0 aromatic rings. The van der Waals surface area contributed by atoms with Gasteiger partial charge in [-0.25, -0.2) is 0 Å². The van der Waals surface area contributed by atoms with Gasteiger partial charge in [0.1, 0.15) is 6.61 Å². The van der Waals surface area contributed by atoms with E-state index in [4.69, 9.17) is 9.47 Å². The molecule has 1 atom stereocenters. The van der Waals surface area contributed by atoms with Gasteiger partial charge in [-0.05, 0) is 64.2 Å². The molecular weight excluding hydrogens is 548 g/mol. The summed E-state index contributed by atoms with van der Waals surface area (Å²) in [7, 11) is 0. The second kappa shape index (κ2) is 35.9. The van der Waals surface area contributed by atoms with Crippen molar-refractivity contribution in [1.29, 1.82) is 0 Å². The normalized spacial score (nSPS) is 12.3. The quantitative estimate of drug-likeness (QED) is 0.0440. The Balaban J connectivity index is 3.56. The van der Waals surface area contributed by atoms with Gasteiger partial charge in [-0.3, -0.25) is 9.59 Å². The summed E-state index contributed by atoms with van der Waals surface area (Å²) in [5.74, 6) is -0.603. The number of carbonyl (C=O) groups is 2. The lowest BCUT2D eigenvalue weighted by Gasteiger charge is -2.15. The molecule has 0 aromatic heterocycles. The average molecular weight is 621 g/mol. The van der Waals surface area contributed by atoms with Crippen molar-refractivity contribution in [1.82, 2.24) is 0 Å². The number of hydrogen-bond acceptors (Lipinski definition) is 5. The van der Waals surface area contributed by atoms with Gasteiger partial charge in [0.2, 0.25) is 0 Å². The molecule has 44 heavy (non-hydrogen) atoms. The minimum Gasteiger partial charge on any atom is -0.462 e. The highest BCUT2D eigenvalue weighted by atomic mass is 16.6. The summed E-state index contributed by atoms with van der Waals surface area (Å²) < 4.78 is 10.6. The third-order valence-electron chi connectivity index (χ3n) is 8.22. The summed E-state index contributed by atoms with van der Waals surface area (Å²) in [6.45, 7) is 4.11. The molecule has 0 radical (unpaired) electrons. The van der Waals surface area contributed by atoms with Gasteiger partial charge in [0.05, 0.1) is 6.61 Å². The van der Waals surface area contributed by atoms with Crippen LogP contribution in [0.25, 0.3) is 0 Å². The summed E-state index contributed by atoms with van der Waals surface area (Å²) in [5, 5.41) is 9.53. The van der Waals surface area contributed by atoms with Crippen molar-refractivity contribution in [3.63, 3.8) is 0 Å². The van der Waals surface area contributed by atoms with Crippen molar-refractivity contribution >= 4 is 11.9 Å². The maximum Gasteiger partial charge on any atom is 0.306 e. The van der Waals surface area contributed by atoms with E-state index in [9.17, 15) is 14.7 Å². The smallest absolute Gasteiger partial charge is 0.306 e. The number of allylic oxidation sites excluding steroid dienone is 4. The van der Waals surface area contributed by atoms with E-state index in [1.54, 1.807) is 0 Å². The molecular formula is C39H72O5. The fourth-order valence-electron chi connectivity index (χ4n) is 5.31. The molecule has 0 aliphatic carbocycles. The van der Waals surface area contributed by atoms with Crippen LogP contribution in [-0.2, 0) is 19.1 Å². The average Bonchev–Trinajstić information content (AvgIpc) is 3.02. The molecule has 0 saturated carbocycles. The van der Waals surface area contributed by atoms with Gasteiger partial charge in [-0.15, -0.1) is 0 Å². The summed E-state index contributed by atoms with van der Waals surface area (Å²) in [6, 6.07) is 0. The second-order valence-corrected chi connectivity index (χ2v) is 12.6. The molecule has 1 N–H and O–H groups in total. The Bertz CT molecular complexity index is 671. The predicted molar refractivity (Wildman–Crippen MR) is 187 cm³/mol. The van der Waals surface area contributed by atoms with E-state index in [0.717, 1.165) is 44.9 Å². The van der Waals surface area contributed by atoms with E-state index in [-0.39, 0.29) is 25.2 Å². The van der Waals surface area contributed by atoms with Crippen LogP contribution < -0.4 is 0 Å². The molecule has 0 fully saturated rings. The van der Waals surface area contributed by atoms with Crippen molar-refractivity contribution in [3.8, 4) is 0 Å². The standard InChI is InChI=1S/C39H72O5/c1-3-5-7-9-11-13-15-17-18-19-20-22-24-26-28-30-32-34-39(42)44-37(35-40)36-43-38(41)33-31-29-27-25-23-21-16-14-12-10-8-6-4-2/h14,16-18,37,40H,3-13,15,19-36H2,1-2H3/b16-14-,18-17-. The van der Waals surface area contributed by atoms with E-state index in [2.05, 4.69) is 38.2 Å². The summed E-state index contributed by atoms with van der Waals surface area (Å²) >= 11 is 0. The molecule has 258 valence electrons. The van der Waals surface area contributed by atoms with Crippen molar-refractivity contribution in [3.05, 3.63) is 24.3 Å². The number of aliphatic hydroxyl groups excluding tert-OH is 1. The highest BCUT2D eigenvalue weighted by molar-refractivity contribution is 5.70. The monoisotopic (exact) mass is 621 g/mol. The summed E-state index contributed by atoms with van der Waals surface area (Å²) in [5.41, 5.74) is 0. The van der Waals surface area contributed by atoms with Crippen molar-refractivity contribution in [2.75, 3.05) is 13.2 Å². The number of rotatable bonds is 34. The Morgan fingerprint density at radius 1 is 0.500 bits per heavy atom. The Labute approximate surface area is 273 Å². The molecule has 0 aromatic carbocycles. The van der Waals surface area contributed by atoms with Gasteiger partial charge in [0.15, 0.2) is 6.10 Å². The number of ether oxygens (including phenoxy) is 2. The number of esters is 2. The summed E-state index contributed by atoms with van der Waals surface area (Å²) in [6.07, 6.45) is 40.9. The second-order valence-electron chi connectivity index (χ2n) is 12.6. The van der Waals surface area contributed by atoms with Crippen molar-refractivity contribution < 1.29 is 24.2 Å². The van der Waals surface area contributed by atoms with Crippen LogP contribution in [0.1, 0.15) is 194 Å². The maximum atomic E-state index is 12.1. The van der Waals surface area contributed by atoms with Crippen LogP contribution >= 0.6 is 0 Å². The van der Waals surface area contributed by atoms with Gasteiger partial charge < -0.3 is 14.6 Å². The zero-order valence-corrected chi connectivity index (χ0v) is 29.2. The van der Waals surface area contributed by atoms with Crippen molar-refractivity contribution in [2.24, 2.45) is 0 Å². The van der Waals surface area contributed by atoms with Gasteiger partial charge in [0.25, 0.3) is 0 Å². The molecule has 1 unspecified atom stereocenters. The van der Waals surface area contributed by atoms with Crippen LogP contribution in [0, 0.1) is 0 Å². The zero-order valence-electron chi connectivity index (χ0n) is 29.2. The Hall–Kier alpha value is -1.62. The first kappa shape index (κ1) is 42.4. The molecule has 0 amide bonds. The van der Waals surface area contributed by atoms with Crippen LogP contribution in [-0.4, -0.2) is 36.4 Å². The van der Waals surface area contributed by atoms with Crippen LogP contribution in [0.3, 0.4) is 0 Å². The highest BCUT2D eigenvalue weighted by Gasteiger charge is 2.16. The first-order chi connectivity index (χ1) is 21.6. The van der Waals surface area contributed by atoms with Crippen molar-refractivity contribution in [2.45, 2.75) is 200 Å². The van der Waals surface area contributed by atoms with E-state index >= 15 is 0 Å². The minimum atomic E-state index is -0.772. The van der Waals surface area contributed by atoms with Crippen LogP contribution in [0.5, 0.6) is 0 Å². The van der Waals surface area contributed by atoms with E-state index in [1.807, 2.05) is 0 Å². The number of aliphatic hydroxyl groups is 1. The molecule has 0 spiro atoms. The SMILES string of the molecule is CCCCCC/C=C\CCCCCCCC(=O)OCC(CO)OC(=O)CCCCCCCCC/C=C\CCCCCCCC. The lowest BCUT2D eigenvalue weighted by molar-refractivity contribution is -0.161. The predicted octanol–water partition coefficient (Wildman–Crippen LogP) is 11.5. The molecule has 0 saturated heterocycles. The van der Waals surface area contributed by atoms with Crippen LogP contribution in [0.15, 0.2) is 24.3 Å². The first-order valence-corrected chi connectivity index (χ1v) is 18.9. The molecule has 0 aliphatic heterocycles. The Morgan fingerprint density at radius 3 is 1.25 bits per heavy atom. The fraction of sp³-hybridized carbons (Fsp3) is 0.846. The number of unbranched alkanes of at least 4 members (excludes halogenated alkanes) is 22. The first-order valence-electron chi connectivity index (χ1n) is 18.9. The number of hydrogen-bond donors (Lipinski definition) is 1. The molecule has 5 nitrogen and oxygen atoms in total. The third-order valence-corrected chi connectivity index (χ3v) is 8.22.